The third-order valence-corrected chi connectivity index (χ3v) is 4.56. The van der Waals surface area contributed by atoms with Gasteiger partial charge in [-0.2, -0.15) is 0 Å². The van der Waals surface area contributed by atoms with Crippen LogP contribution in [0.3, 0.4) is 0 Å². The molecule has 0 rings (SSSR count). The zero-order valence-electron chi connectivity index (χ0n) is 17.3. The second-order valence-electron chi connectivity index (χ2n) is 7.73. The van der Waals surface area contributed by atoms with E-state index in [2.05, 4.69) is 20.8 Å². The van der Waals surface area contributed by atoms with Gasteiger partial charge in [-0.25, -0.2) is 0 Å². The predicted octanol–water partition coefficient (Wildman–Crippen LogP) is 4.27. The normalized spacial score (nSPS) is 16.7. The van der Waals surface area contributed by atoms with Crippen LogP contribution in [0.1, 0.15) is 66.2 Å². The van der Waals surface area contributed by atoms with Gasteiger partial charge in [-0.15, -0.1) is 0 Å². The van der Waals surface area contributed by atoms with Gasteiger partial charge in [0.05, 0.1) is 18.3 Å². The molecule has 154 valence electrons. The lowest BCUT2D eigenvalue weighted by molar-refractivity contribution is -0.117. The number of carbonyl (C=O) groups is 1. The molecule has 0 aliphatic rings. The molecule has 0 saturated heterocycles. The van der Waals surface area contributed by atoms with Gasteiger partial charge in [-0.1, -0.05) is 82.2 Å². The van der Waals surface area contributed by atoms with E-state index < -0.39 is 18.3 Å². The van der Waals surface area contributed by atoms with Crippen LogP contribution < -0.4 is 0 Å². The van der Waals surface area contributed by atoms with Crippen molar-refractivity contribution in [3.8, 4) is 0 Å². The van der Waals surface area contributed by atoms with Crippen molar-refractivity contribution in [1.82, 2.24) is 0 Å². The van der Waals surface area contributed by atoms with Crippen molar-refractivity contribution in [2.24, 2.45) is 5.41 Å². The average molecular weight is 379 g/mol. The van der Waals surface area contributed by atoms with Crippen molar-refractivity contribution in [3.63, 3.8) is 0 Å². The van der Waals surface area contributed by atoms with Crippen LogP contribution >= 0.6 is 0 Å². The van der Waals surface area contributed by atoms with Gasteiger partial charge in [0.1, 0.15) is 5.78 Å². The molecule has 3 N–H and O–H groups in total. The second kappa shape index (κ2) is 14.6. The Balaban J connectivity index is 4.22. The molecular formula is C23H38O4. The highest BCUT2D eigenvalue weighted by molar-refractivity contribution is 5.75. The number of hydrogen-bond acceptors (Lipinski definition) is 4. The molecule has 0 amide bonds. The number of aliphatic hydroxyl groups excluding tert-OH is 3. The number of unbranched alkanes of at least 4 members (excludes halogenated alkanes) is 1. The first kappa shape index (κ1) is 25.5. The topological polar surface area (TPSA) is 77.8 Å². The predicted molar refractivity (Wildman–Crippen MR) is 112 cm³/mol. The summed E-state index contributed by atoms with van der Waals surface area (Å²) >= 11 is 0. The first-order chi connectivity index (χ1) is 12.7. The molecule has 0 unspecified atom stereocenters. The fraction of sp³-hybridized carbons (Fsp3) is 0.609. The summed E-state index contributed by atoms with van der Waals surface area (Å²) in [5.41, 5.74) is -0.125. The Morgan fingerprint density at radius 3 is 2.04 bits per heavy atom. The summed E-state index contributed by atoms with van der Waals surface area (Å²) < 4.78 is 0. The number of Topliss-reactive ketones (excluding diaryl/α,β-unsaturated/α-hetero) is 1. The van der Waals surface area contributed by atoms with E-state index in [4.69, 9.17) is 0 Å². The Bertz CT molecular complexity index is 514. The summed E-state index contributed by atoms with van der Waals surface area (Å²) in [4.78, 5) is 10.8. The van der Waals surface area contributed by atoms with Gasteiger partial charge in [0, 0.05) is 6.42 Å². The van der Waals surface area contributed by atoms with Crippen molar-refractivity contribution in [2.75, 3.05) is 0 Å². The Hall–Kier alpha value is -1.49. The fourth-order valence-electron chi connectivity index (χ4n) is 2.50. The van der Waals surface area contributed by atoms with E-state index in [1.54, 1.807) is 18.2 Å². The van der Waals surface area contributed by atoms with E-state index in [0.717, 1.165) is 19.3 Å². The van der Waals surface area contributed by atoms with Crippen LogP contribution in [0.25, 0.3) is 0 Å². The Kier molecular flexibility index (Phi) is 13.8. The van der Waals surface area contributed by atoms with Gasteiger partial charge in [0.15, 0.2) is 0 Å². The van der Waals surface area contributed by atoms with Crippen molar-refractivity contribution < 1.29 is 20.1 Å². The number of hydrogen-bond donors (Lipinski definition) is 3. The standard InChI is InChI=1S/C23H38O4/c1-5-6-18-23(3,4)22(27)17-12-10-8-7-9-11-15-20(25)21(26)16-13-14-19(2)24/h7-12,15,17,20-22,25-27H,5-6,13-14,16,18H2,1-4H3/b9-7+,10-8-,15-11+,17-12+/t20-,21+,22-/m1/s1. The van der Waals surface area contributed by atoms with E-state index in [9.17, 15) is 20.1 Å². The van der Waals surface area contributed by atoms with Crippen molar-refractivity contribution in [3.05, 3.63) is 48.6 Å². The van der Waals surface area contributed by atoms with Gasteiger partial charge in [0.25, 0.3) is 0 Å². The van der Waals surface area contributed by atoms with Gasteiger partial charge >= 0.3 is 0 Å². The largest absolute Gasteiger partial charge is 0.390 e. The minimum absolute atomic E-state index is 0.0908. The first-order valence-corrected chi connectivity index (χ1v) is 9.92. The highest BCUT2D eigenvalue weighted by Crippen LogP contribution is 2.28. The minimum Gasteiger partial charge on any atom is -0.390 e. The van der Waals surface area contributed by atoms with E-state index in [1.165, 1.54) is 13.0 Å². The van der Waals surface area contributed by atoms with Crippen molar-refractivity contribution in [2.45, 2.75) is 84.5 Å². The molecule has 0 bridgehead atoms. The van der Waals surface area contributed by atoms with Crippen LogP contribution in [0.15, 0.2) is 48.6 Å². The molecule has 0 aromatic rings. The molecule has 0 fully saturated rings. The molecule has 0 aliphatic heterocycles. The van der Waals surface area contributed by atoms with Crippen LogP contribution in [0, 0.1) is 5.41 Å². The van der Waals surface area contributed by atoms with E-state index >= 15 is 0 Å². The van der Waals surface area contributed by atoms with E-state index in [1.807, 2.05) is 24.3 Å². The molecule has 0 saturated carbocycles. The van der Waals surface area contributed by atoms with Gasteiger partial charge in [-0.3, -0.25) is 0 Å². The van der Waals surface area contributed by atoms with Crippen molar-refractivity contribution in [1.29, 1.82) is 0 Å². The zero-order chi connectivity index (χ0) is 20.7. The molecule has 0 aliphatic carbocycles. The summed E-state index contributed by atoms with van der Waals surface area (Å²) in [6, 6.07) is 0. The molecule has 0 spiro atoms. The number of allylic oxidation sites excluding steroid dienone is 6. The molecule has 0 radical (unpaired) electrons. The maximum Gasteiger partial charge on any atom is 0.129 e. The Morgan fingerprint density at radius 2 is 1.48 bits per heavy atom. The maximum absolute atomic E-state index is 10.8. The SMILES string of the molecule is CCCCC(C)(C)[C@H](O)/C=C/C=C\C=C\C=C\[C@@H](O)[C@@H](O)CCCC(C)=O. The van der Waals surface area contributed by atoms with Crippen LogP contribution in [-0.4, -0.2) is 39.4 Å². The van der Waals surface area contributed by atoms with Crippen LogP contribution in [0.5, 0.6) is 0 Å². The molecule has 4 nitrogen and oxygen atoms in total. The molecule has 0 heterocycles. The zero-order valence-corrected chi connectivity index (χ0v) is 17.3. The smallest absolute Gasteiger partial charge is 0.129 e. The van der Waals surface area contributed by atoms with Crippen molar-refractivity contribution >= 4 is 5.78 Å². The molecule has 4 heteroatoms. The highest BCUT2D eigenvalue weighted by Gasteiger charge is 2.24. The van der Waals surface area contributed by atoms with E-state index in [-0.39, 0.29) is 11.2 Å². The quantitative estimate of drug-likeness (QED) is 0.395. The highest BCUT2D eigenvalue weighted by atomic mass is 16.3. The van der Waals surface area contributed by atoms with Crippen LogP contribution in [0.2, 0.25) is 0 Å². The third kappa shape index (κ3) is 13.3. The number of aliphatic hydroxyl groups is 3. The van der Waals surface area contributed by atoms with E-state index in [0.29, 0.717) is 19.3 Å². The van der Waals surface area contributed by atoms with Crippen LogP contribution in [0.4, 0.5) is 0 Å². The summed E-state index contributed by atoms with van der Waals surface area (Å²) in [5, 5.41) is 29.8. The first-order valence-electron chi connectivity index (χ1n) is 9.92. The molecule has 27 heavy (non-hydrogen) atoms. The average Bonchev–Trinajstić information content (AvgIpc) is 2.61. The lowest BCUT2D eigenvalue weighted by Crippen LogP contribution is -2.27. The second-order valence-corrected chi connectivity index (χ2v) is 7.73. The number of rotatable bonds is 14. The summed E-state index contributed by atoms with van der Waals surface area (Å²) in [6.07, 6.45) is 16.5. The Morgan fingerprint density at radius 1 is 0.926 bits per heavy atom. The molecule has 3 atom stereocenters. The molecule has 0 aromatic heterocycles. The van der Waals surface area contributed by atoms with Gasteiger partial charge in [0.2, 0.25) is 0 Å². The summed E-state index contributed by atoms with van der Waals surface area (Å²) in [6.45, 7) is 7.82. The molecular weight excluding hydrogens is 340 g/mol. The van der Waals surface area contributed by atoms with Crippen LogP contribution in [-0.2, 0) is 4.79 Å². The maximum atomic E-state index is 10.8. The third-order valence-electron chi connectivity index (χ3n) is 4.56. The summed E-state index contributed by atoms with van der Waals surface area (Å²) in [5.74, 6) is 0.0908. The number of ketones is 1. The minimum atomic E-state index is -0.939. The molecule has 0 aromatic carbocycles. The van der Waals surface area contributed by atoms with Gasteiger partial charge < -0.3 is 20.1 Å². The Labute approximate surface area is 165 Å². The lowest BCUT2D eigenvalue weighted by atomic mass is 9.81. The fourth-order valence-corrected chi connectivity index (χ4v) is 2.50. The lowest BCUT2D eigenvalue weighted by Gasteiger charge is -2.28. The monoisotopic (exact) mass is 378 g/mol. The van der Waals surface area contributed by atoms with Gasteiger partial charge in [-0.05, 0) is 31.6 Å². The number of carbonyl (C=O) groups excluding carboxylic acids is 1. The summed E-state index contributed by atoms with van der Waals surface area (Å²) in [7, 11) is 0.